The van der Waals surface area contributed by atoms with Crippen molar-refractivity contribution in [3.8, 4) is 5.75 Å². The highest BCUT2D eigenvalue weighted by molar-refractivity contribution is 5.83. The van der Waals surface area contributed by atoms with Crippen LogP contribution in [0.15, 0.2) is 24.3 Å². The first-order chi connectivity index (χ1) is 6.95. The maximum atomic E-state index is 13.0. The van der Waals surface area contributed by atoms with E-state index in [1.54, 1.807) is 12.1 Å². The second kappa shape index (κ2) is 4.38. The molecular formula is C11H12F2O2. The Morgan fingerprint density at radius 1 is 1.33 bits per heavy atom. The summed E-state index contributed by atoms with van der Waals surface area (Å²) in [5.74, 6) is -3.79. The van der Waals surface area contributed by atoms with E-state index in [0.29, 0.717) is 11.3 Å². The van der Waals surface area contributed by atoms with Gasteiger partial charge in [0.2, 0.25) is 0 Å². The number of hydrogen-bond acceptors (Lipinski definition) is 2. The average molecular weight is 214 g/mol. The molecule has 0 atom stereocenters. The molecule has 0 spiro atoms. The first-order valence-corrected chi connectivity index (χ1v) is 4.47. The summed E-state index contributed by atoms with van der Waals surface area (Å²) < 4.78 is 31.0. The molecule has 0 radical (unpaired) electrons. The zero-order valence-electron chi connectivity index (χ0n) is 8.59. The maximum absolute atomic E-state index is 13.0. The van der Waals surface area contributed by atoms with Gasteiger partial charge in [0.15, 0.2) is 5.78 Å². The van der Waals surface area contributed by atoms with Gasteiger partial charge in [-0.3, -0.25) is 4.79 Å². The van der Waals surface area contributed by atoms with Gasteiger partial charge >= 0.3 is 5.92 Å². The van der Waals surface area contributed by atoms with Crippen LogP contribution in [0.3, 0.4) is 0 Å². The number of Topliss-reactive ketones (excluding diaryl/α,β-unsaturated/α-hetero) is 1. The molecule has 0 amide bonds. The third-order valence-electron chi connectivity index (χ3n) is 2.10. The van der Waals surface area contributed by atoms with E-state index in [4.69, 9.17) is 4.74 Å². The molecule has 15 heavy (non-hydrogen) atoms. The Morgan fingerprint density at radius 3 is 2.27 bits per heavy atom. The highest BCUT2D eigenvalue weighted by atomic mass is 19.3. The van der Waals surface area contributed by atoms with Crippen molar-refractivity contribution < 1.29 is 18.3 Å². The summed E-state index contributed by atoms with van der Waals surface area (Å²) in [5.41, 5.74) is 0.413. The number of halogens is 2. The van der Waals surface area contributed by atoms with Crippen molar-refractivity contribution in [1.29, 1.82) is 0 Å². The standard InChI is InChI=1S/C11H12F2O2/c1-8(14)11(12,13)7-9-3-5-10(15-2)6-4-9/h3-6H,7H2,1-2H3. The lowest BCUT2D eigenvalue weighted by Gasteiger charge is -2.12. The number of alkyl halides is 2. The molecule has 0 aliphatic rings. The number of benzene rings is 1. The van der Waals surface area contributed by atoms with Gasteiger partial charge in [-0.05, 0) is 17.7 Å². The molecule has 0 aliphatic carbocycles. The maximum Gasteiger partial charge on any atom is 0.308 e. The number of carbonyl (C=O) groups excluding carboxylic acids is 1. The Morgan fingerprint density at radius 2 is 1.87 bits per heavy atom. The average Bonchev–Trinajstić information content (AvgIpc) is 2.18. The fourth-order valence-corrected chi connectivity index (χ4v) is 1.12. The van der Waals surface area contributed by atoms with Gasteiger partial charge < -0.3 is 4.74 Å². The first kappa shape index (κ1) is 11.6. The van der Waals surface area contributed by atoms with Crippen LogP contribution in [-0.4, -0.2) is 18.8 Å². The number of ketones is 1. The lowest BCUT2D eigenvalue weighted by Crippen LogP contribution is -2.28. The molecule has 0 saturated carbocycles. The summed E-state index contributed by atoms with van der Waals surface area (Å²) in [5, 5.41) is 0. The molecule has 1 aromatic carbocycles. The largest absolute Gasteiger partial charge is 0.497 e. The van der Waals surface area contributed by atoms with Crippen molar-refractivity contribution in [3.63, 3.8) is 0 Å². The molecule has 0 bridgehead atoms. The second-order valence-corrected chi connectivity index (χ2v) is 3.29. The lowest BCUT2D eigenvalue weighted by molar-refractivity contribution is -0.140. The van der Waals surface area contributed by atoms with Crippen LogP contribution in [0.4, 0.5) is 8.78 Å². The molecule has 2 nitrogen and oxygen atoms in total. The van der Waals surface area contributed by atoms with Gasteiger partial charge in [0.05, 0.1) is 7.11 Å². The minimum Gasteiger partial charge on any atom is -0.497 e. The fraction of sp³-hybridized carbons (Fsp3) is 0.364. The fourth-order valence-electron chi connectivity index (χ4n) is 1.12. The first-order valence-electron chi connectivity index (χ1n) is 4.47. The van der Waals surface area contributed by atoms with Crippen LogP contribution in [0, 0.1) is 0 Å². The number of methoxy groups -OCH3 is 1. The molecule has 1 aromatic rings. The summed E-state index contributed by atoms with van der Waals surface area (Å²) in [7, 11) is 1.50. The van der Waals surface area contributed by atoms with Crippen LogP contribution >= 0.6 is 0 Å². The van der Waals surface area contributed by atoms with E-state index in [0.717, 1.165) is 6.92 Å². The molecular weight excluding hydrogens is 202 g/mol. The highest BCUT2D eigenvalue weighted by Crippen LogP contribution is 2.22. The summed E-state index contributed by atoms with van der Waals surface area (Å²) >= 11 is 0. The van der Waals surface area contributed by atoms with Gasteiger partial charge in [-0.25, -0.2) is 0 Å². The number of hydrogen-bond donors (Lipinski definition) is 0. The zero-order valence-corrected chi connectivity index (χ0v) is 8.59. The van der Waals surface area contributed by atoms with E-state index in [9.17, 15) is 13.6 Å². The monoisotopic (exact) mass is 214 g/mol. The third kappa shape index (κ3) is 3.01. The van der Waals surface area contributed by atoms with Gasteiger partial charge in [0.25, 0.3) is 0 Å². The second-order valence-electron chi connectivity index (χ2n) is 3.29. The number of carbonyl (C=O) groups is 1. The Bertz CT molecular complexity index is 344. The molecule has 0 aromatic heterocycles. The lowest BCUT2D eigenvalue weighted by atomic mass is 10.0. The van der Waals surface area contributed by atoms with Crippen molar-refractivity contribution in [2.24, 2.45) is 0 Å². The number of ether oxygens (including phenoxy) is 1. The molecule has 0 fully saturated rings. The molecule has 0 N–H and O–H groups in total. The van der Waals surface area contributed by atoms with Crippen LogP contribution in [0.5, 0.6) is 5.75 Å². The molecule has 1 rings (SSSR count). The van der Waals surface area contributed by atoms with Crippen LogP contribution < -0.4 is 4.74 Å². The predicted molar refractivity (Wildman–Crippen MR) is 52.3 cm³/mol. The Kier molecular flexibility index (Phi) is 3.39. The summed E-state index contributed by atoms with van der Waals surface area (Å²) in [6.45, 7) is 0.892. The summed E-state index contributed by atoms with van der Waals surface area (Å²) in [6.07, 6.45) is -0.563. The third-order valence-corrected chi connectivity index (χ3v) is 2.10. The van der Waals surface area contributed by atoms with Crippen LogP contribution in [0.25, 0.3) is 0 Å². The Labute approximate surface area is 86.9 Å². The topological polar surface area (TPSA) is 26.3 Å². The van der Waals surface area contributed by atoms with Gasteiger partial charge in [-0.1, -0.05) is 12.1 Å². The molecule has 0 aliphatic heterocycles. The van der Waals surface area contributed by atoms with Crippen molar-refractivity contribution in [2.45, 2.75) is 19.3 Å². The Balaban J connectivity index is 2.77. The minimum atomic E-state index is -3.28. The SMILES string of the molecule is COc1ccc(CC(F)(F)C(C)=O)cc1. The van der Waals surface area contributed by atoms with Crippen LogP contribution in [0.2, 0.25) is 0 Å². The zero-order chi connectivity index (χ0) is 11.5. The van der Waals surface area contributed by atoms with E-state index >= 15 is 0 Å². The van der Waals surface area contributed by atoms with E-state index in [1.807, 2.05) is 0 Å². The van der Waals surface area contributed by atoms with Crippen molar-refractivity contribution in [2.75, 3.05) is 7.11 Å². The molecule has 82 valence electrons. The van der Waals surface area contributed by atoms with Crippen LogP contribution in [-0.2, 0) is 11.2 Å². The van der Waals surface area contributed by atoms with E-state index in [2.05, 4.69) is 0 Å². The van der Waals surface area contributed by atoms with E-state index in [1.165, 1.54) is 19.2 Å². The van der Waals surface area contributed by atoms with Gasteiger partial charge in [0, 0.05) is 13.3 Å². The van der Waals surface area contributed by atoms with Crippen molar-refractivity contribution >= 4 is 5.78 Å². The van der Waals surface area contributed by atoms with E-state index in [-0.39, 0.29) is 0 Å². The highest BCUT2D eigenvalue weighted by Gasteiger charge is 2.34. The predicted octanol–water partition coefficient (Wildman–Crippen LogP) is 2.46. The Hall–Kier alpha value is -1.45. The van der Waals surface area contributed by atoms with Gasteiger partial charge in [-0.15, -0.1) is 0 Å². The molecule has 0 heterocycles. The summed E-state index contributed by atoms with van der Waals surface area (Å²) in [6, 6.07) is 6.22. The number of rotatable bonds is 4. The van der Waals surface area contributed by atoms with E-state index < -0.39 is 18.1 Å². The van der Waals surface area contributed by atoms with Gasteiger partial charge in [0.1, 0.15) is 5.75 Å². The molecule has 0 saturated heterocycles. The van der Waals surface area contributed by atoms with Gasteiger partial charge in [-0.2, -0.15) is 8.78 Å². The minimum absolute atomic E-state index is 0.413. The smallest absolute Gasteiger partial charge is 0.308 e. The summed E-state index contributed by atoms with van der Waals surface area (Å²) in [4.78, 5) is 10.6. The van der Waals surface area contributed by atoms with Crippen molar-refractivity contribution in [1.82, 2.24) is 0 Å². The van der Waals surface area contributed by atoms with Crippen LogP contribution in [0.1, 0.15) is 12.5 Å². The normalized spacial score (nSPS) is 11.2. The van der Waals surface area contributed by atoms with Crippen molar-refractivity contribution in [3.05, 3.63) is 29.8 Å². The quantitative estimate of drug-likeness (QED) is 0.769. The molecule has 4 heteroatoms. The molecule has 0 unspecified atom stereocenters.